The van der Waals surface area contributed by atoms with Crippen molar-refractivity contribution in [3.05, 3.63) is 26.1 Å². The van der Waals surface area contributed by atoms with Crippen LogP contribution in [0.3, 0.4) is 0 Å². The number of anilines is 1. The van der Waals surface area contributed by atoms with Crippen molar-refractivity contribution in [3.8, 4) is 0 Å². The number of aliphatic imine (C=N–C) groups is 1. The van der Waals surface area contributed by atoms with E-state index in [0.717, 1.165) is 27.7 Å². The van der Waals surface area contributed by atoms with Gasteiger partial charge in [-0.3, -0.25) is 4.99 Å². The van der Waals surface area contributed by atoms with Gasteiger partial charge in [0, 0.05) is 11.0 Å². The monoisotopic (exact) mass is 373 g/mol. The molecule has 0 amide bonds. The molecule has 0 saturated heterocycles. The summed E-state index contributed by atoms with van der Waals surface area (Å²) in [6, 6.07) is 2.18. The Morgan fingerprint density at radius 2 is 2.06 bits per heavy atom. The van der Waals surface area contributed by atoms with Gasteiger partial charge in [0.2, 0.25) is 0 Å². The number of nitrogens with two attached hydrogens (primary N) is 1. The molecule has 0 fully saturated rings. The lowest BCUT2D eigenvalue weighted by atomic mass is 9.96. The van der Waals surface area contributed by atoms with Gasteiger partial charge in [-0.1, -0.05) is 13.8 Å². The van der Waals surface area contributed by atoms with E-state index < -0.39 is 0 Å². The van der Waals surface area contributed by atoms with Gasteiger partial charge < -0.3 is 10.6 Å². The third-order valence-corrected chi connectivity index (χ3v) is 5.21. The lowest BCUT2D eigenvalue weighted by Crippen LogP contribution is -2.34. The Morgan fingerprint density at radius 3 is 2.56 bits per heavy atom. The van der Waals surface area contributed by atoms with Gasteiger partial charge in [0.1, 0.15) is 0 Å². The molecule has 98 valence electrons. The number of rotatable bonds is 2. The van der Waals surface area contributed by atoms with E-state index in [-0.39, 0.29) is 0 Å². The van der Waals surface area contributed by atoms with E-state index in [2.05, 4.69) is 68.6 Å². The van der Waals surface area contributed by atoms with Crippen LogP contribution in [0.15, 0.2) is 20.0 Å². The molecular weight excluding hydrogens is 358 g/mol. The number of nitrogens with zero attached hydrogens (tertiary/aromatic N) is 2. The predicted molar refractivity (Wildman–Crippen MR) is 84.5 cm³/mol. The smallest absolute Gasteiger partial charge is 0.195 e. The minimum atomic E-state index is 0.480. The maximum atomic E-state index is 5.96. The van der Waals surface area contributed by atoms with E-state index in [9.17, 15) is 0 Å². The van der Waals surface area contributed by atoms with Crippen molar-refractivity contribution >= 4 is 43.5 Å². The summed E-state index contributed by atoms with van der Waals surface area (Å²) >= 11 is 7.26. The third kappa shape index (κ3) is 2.30. The highest BCUT2D eigenvalue weighted by Crippen LogP contribution is 2.40. The summed E-state index contributed by atoms with van der Waals surface area (Å²) in [6.07, 6.45) is 0. The van der Waals surface area contributed by atoms with Gasteiger partial charge in [0.05, 0.1) is 16.7 Å². The standard InChI is InChI=1S/C13H17Br2N3/c1-7(2)9-6-10(14)11(15)12(8(9)3)18-5-4-17-13(18)16/h6-7H,4-5H2,1-3H3,(H2,16,17). The van der Waals surface area contributed by atoms with Gasteiger partial charge in [0.25, 0.3) is 0 Å². The molecule has 1 aliphatic heterocycles. The van der Waals surface area contributed by atoms with Gasteiger partial charge in [-0.2, -0.15) is 0 Å². The van der Waals surface area contributed by atoms with Crippen molar-refractivity contribution in [1.29, 1.82) is 0 Å². The number of halogens is 2. The SMILES string of the molecule is Cc1c(C(C)C)cc(Br)c(Br)c1N1CCN=C1N. The van der Waals surface area contributed by atoms with Crippen molar-refractivity contribution in [1.82, 2.24) is 0 Å². The zero-order valence-corrected chi connectivity index (χ0v) is 14.0. The molecule has 1 aromatic rings. The molecule has 18 heavy (non-hydrogen) atoms. The van der Waals surface area contributed by atoms with E-state index >= 15 is 0 Å². The first-order valence-electron chi connectivity index (χ1n) is 5.99. The molecule has 1 aromatic carbocycles. The fourth-order valence-electron chi connectivity index (χ4n) is 2.33. The first-order valence-corrected chi connectivity index (χ1v) is 7.58. The van der Waals surface area contributed by atoms with Crippen LogP contribution in [-0.2, 0) is 0 Å². The molecular formula is C13H17Br2N3. The van der Waals surface area contributed by atoms with Crippen molar-refractivity contribution in [3.63, 3.8) is 0 Å². The second-order valence-corrected chi connectivity index (χ2v) is 6.43. The minimum absolute atomic E-state index is 0.480. The van der Waals surface area contributed by atoms with Crippen molar-refractivity contribution in [2.45, 2.75) is 26.7 Å². The third-order valence-electron chi connectivity index (χ3n) is 3.25. The van der Waals surface area contributed by atoms with E-state index in [1.807, 2.05) is 0 Å². The predicted octanol–water partition coefficient (Wildman–Crippen LogP) is 3.78. The Hall–Kier alpha value is -0.550. The van der Waals surface area contributed by atoms with Crippen LogP contribution in [-0.4, -0.2) is 19.0 Å². The normalized spacial score (nSPS) is 15.4. The first-order chi connectivity index (χ1) is 8.43. The summed E-state index contributed by atoms with van der Waals surface area (Å²) < 4.78 is 2.11. The maximum absolute atomic E-state index is 5.96. The molecule has 0 unspecified atom stereocenters. The molecule has 1 aliphatic rings. The van der Waals surface area contributed by atoms with Crippen LogP contribution in [0.2, 0.25) is 0 Å². The van der Waals surface area contributed by atoms with Gasteiger partial charge in [-0.05, 0) is 61.9 Å². The Labute approximate surface area is 125 Å². The summed E-state index contributed by atoms with van der Waals surface area (Å²) in [5.74, 6) is 1.08. The zero-order chi connectivity index (χ0) is 13.4. The molecule has 0 radical (unpaired) electrons. The van der Waals surface area contributed by atoms with Crippen LogP contribution in [0, 0.1) is 6.92 Å². The largest absolute Gasteiger partial charge is 0.370 e. The van der Waals surface area contributed by atoms with Crippen LogP contribution in [0.25, 0.3) is 0 Å². The Morgan fingerprint density at radius 1 is 1.39 bits per heavy atom. The zero-order valence-electron chi connectivity index (χ0n) is 10.8. The molecule has 0 bridgehead atoms. The highest BCUT2D eigenvalue weighted by atomic mass is 79.9. The second kappa shape index (κ2) is 5.21. The van der Waals surface area contributed by atoms with Crippen molar-refractivity contribution in [2.75, 3.05) is 18.0 Å². The number of benzene rings is 1. The molecule has 0 spiro atoms. The van der Waals surface area contributed by atoms with Gasteiger partial charge in [-0.25, -0.2) is 0 Å². The second-order valence-electron chi connectivity index (χ2n) is 4.78. The highest BCUT2D eigenvalue weighted by molar-refractivity contribution is 9.13. The van der Waals surface area contributed by atoms with E-state index in [1.165, 1.54) is 11.1 Å². The van der Waals surface area contributed by atoms with Crippen molar-refractivity contribution < 1.29 is 0 Å². The molecule has 0 saturated carbocycles. The molecule has 0 aromatic heterocycles. The Bertz CT molecular complexity index is 509. The molecule has 5 heteroatoms. The van der Waals surface area contributed by atoms with Crippen LogP contribution >= 0.6 is 31.9 Å². The van der Waals surface area contributed by atoms with Gasteiger partial charge >= 0.3 is 0 Å². The van der Waals surface area contributed by atoms with Crippen molar-refractivity contribution in [2.24, 2.45) is 10.7 Å². The Balaban J connectivity index is 2.62. The Kier molecular flexibility index (Phi) is 4.02. The van der Waals surface area contributed by atoms with Crippen LogP contribution in [0.5, 0.6) is 0 Å². The number of guanidine groups is 1. The van der Waals surface area contributed by atoms with Crippen LogP contribution in [0.4, 0.5) is 5.69 Å². The van der Waals surface area contributed by atoms with Gasteiger partial charge in [-0.15, -0.1) is 0 Å². The lowest BCUT2D eigenvalue weighted by Gasteiger charge is -2.25. The topological polar surface area (TPSA) is 41.6 Å². The minimum Gasteiger partial charge on any atom is -0.370 e. The average Bonchev–Trinajstić information content (AvgIpc) is 2.70. The van der Waals surface area contributed by atoms with E-state index in [0.29, 0.717) is 11.9 Å². The number of hydrogen-bond acceptors (Lipinski definition) is 3. The lowest BCUT2D eigenvalue weighted by molar-refractivity contribution is 0.852. The molecule has 0 aliphatic carbocycles. The van der Waals surface area contributed by atoms with E-state index in [4.69, 9.17) is 5.73 Å². The first kappa shape index (κ1) is 13.9. The molecule has 2 rings (SSSR count). The molecule has 3 nitrogen and oxygen atoms in total. The fraction of sp³-hybridized carbons (Fsp3) is 0.462. The highest BCUT2D eigenvalue weighted by Gasteiger charge is 2.23. The van der Waals surface area contributed by atoms with Crippen LogP contribution < -0.4 is 10.6 Å². The summed E-state index contributed by atoms with van der Waals surface area (Å²) in [6.45, 7) is 8.16. The number of hydrogen-bond donors (Lipinski definition) is 1. The maximum Gasteiger partial charge on any atom is 0.195 e. The fourth-order valence-corrected chi connectivity index (χ4v) is 3.39. The van der Waals surface area contributed by atoms with Crippen LogP contribution in [0.1, 0.15) is 30.9 Å². The average molecular weight is 375 g/mol. The summed E-state index contributed by atoms with van der Waals surface area (Å²) in [4.78, 5) is 6.34. The summed E-state index contributed by atoms with van der Waals surface area (Å²) in [5, 5.41) is 0. The molecule has 0 atom stereocenters. The summed E-state index contributed by atoms with van der Waals surface area (Å²) in [7, 11) is 0. The summed E-state index contributed by atoms with van der Waals surface area (Å²) in [5.41, 5.74) is 9.69. The molecule has 2 N–H and O–H groups in total. The quantitative estimate of drug-likeness (QED) is 0.855. The van der Waals surface area contributed by atoms with E-state index in [1.54, 1.807) is 0 Å². The molecule has 1 heterocycles. The van der Waals surface area contributed by atoms with Gasteiger partial charge in [0.15, 0.2) is 5.96 Å².